The normalized spacial score (nSPS) is 11.1. The molecule has 0 aliphatic carbocycles. The van der Waals surface area contributed by atoms with Crippen LogP contribution in [-0.2, 0) is 11.3 Å². The van der Waals surface area contributed by atoms with E-state index in [1.54, 1.807) is 12.1 Å². The Hall–Kier alpha value is -0.240. The maximum atomic E-state index is 6.04. The van der Waals surface area contributed by atoms with Crippen molar-refractivity contribution in [2.24, 2.45) is 10.7 Å². The van der Waals surface area contributed by atoms with Crippen molar-refractivity contribution in [2.75, 3.05) is 19.7 Å². The summed E-state index contributed by atoms with van der Waals surface area (Å²) in [5.74, 6) is 0.464. The van der Waals surface area contributed by atoms with Crippen LogP contribution >= 0.6 is 47.2 Å². The highest BCUT2D eigenvalue weighted by molar-refractivity contribution is 14.0. The number of benzene rings is 1. The first-order valence-corrected chi connectivity index (χ1v) is 7.44. The Morgan fingerprint density at radius 3 is 2.81 bits per heavy atom. The van der Waals surface area contributed by atoms with Gasteiger partial charge >= 0.3 is 0 Å². The predicted octanol–water partition coefficient (Wildman–Crippen LogP) is 3.83. The summed E-state index contributed by atoms with van der Waals surface area (Å²) in [4.78, 5) is 4.19. The number of nitrogens with one attached hydrogen (secondary N) is 1. The minimum atomic E-state index is 0. The Kier molecular flexibility index (Phi) is 12.2. The van der Waals surface area contributed by atoms with E-state index in [4.69, 9.17) is 33.7 Å². The van der Waals surface area contributed by atoms with E-state index in [1.807, 2.05) is 6.07 Å². The number of nitrogens with zero attached hydrogens (tertiary/aromatic N) is 1. The smallest absolute Gasteiger partial charge is 0.188 e. The topological polar surface area (TPSA) is 59.6 Å². The molecular formula is C14H22Cl2IN3O. The molecule has 4 nitrogen and oxygen atoms in total. The van der Waals surface area contributed by atoms with E-state index in [2.05, 4.69) is 17.2 Å². The van der Waals surface area contributed by atoms with E-state index >= 15 is 0 Å². The largest absolute Gasteiger partial charge is 0.375 e. The number of hydrogen-bond donors (Lipinski definition) is 2. The van der Waals surface area contributed by atoms with E-state index < -0.39 is 0 Å². The lowest BCUT2D eigenvalue weighted by molar-refractivity contribution is 0.125. The van der Waals surface area contributed by atoms with Crippen LogP contribution in [0.15, 0.2) is 23.2 Å². The highest BCUT2D eigenvalue weighted by atomic mass is 127. The van der Waals surface area contributed by atoms with Gasteiger partial charge in [0.05, 0.1) is 13.2 Å². The number of unbranched alkanes of at least 4 members (excludes halogenated alkanes) is 1. The lowest BCUT2D eigenvalue weighted by Gasteiger charge is -2.08. The van der Waals surface area contributed by atoms with Crippen LogP contribution in [0.25, 0.3) is 0 Å². The summed E-state index contributed by atoms with van der Waals surface area (Å²) in [7, 11) is 0. The van der Waals surface area contributed by atoms with Crippen molar-refractivity contribution in [3.63, 3.8) is 0 Å². The van der Waals surface area contributed by atoms with E-state index in [1.165, 1.54) is 0 Å². The molecule has 0 unspecified atom stereocenters. The Balaban J connectivity index is 0.00000400. The SMILES string of the molecule is CCCCN=C(N)NCCOCc1ccc(Cl)cc1Cl.I. The summed E-state index contributed by atoms with van der Waals surface area (Å²) in [5.41, 5.74) is 6.61. The van der Waals surface area contributed by atoms with Crippen molar-refractivity contribution in [3.05, 3.63) is 33.8 Å². The van der Waals surface area contributed by atoms with E-state index in [9.17, 15) is 0 Å². The highest BCUT2D eigenvalue weighted by Gasteiger charge is 2.01. The molecule has 21 heavy (non-hydrogen) atoms. The number of aliphatic imine (C=N–C) groups is 1. The fourth-order valence-electron chi connectivity index (χ4n) is 1.49. The molecule has 7 heteroatoms. The molecule has 0 fully saturated rings. The third-order valence-corrected chi connectivity index (χ3v) is 3.21. The van der Waals surface area contributed by atoms with Gasteiger partial charge in [0.2, 0.25) is 0 Å². The van der Waals surface area contributed by atoms with Crippen molar-refractivity contribution in [3.8, 4) is 0 Å². The molecule has 1 aromatic rings. The number of halogens is 3. The summed E-state index contributed by atoms with van der Waals surface area (Å²) in [6.07, 6.45) is 2.16. The molecule has 0 aliphatic rings. The fraction of sp³-hybridized carbons (Fsp3) is 0.500. The molecule has 0 aromatic heterocycles. The van der Waals surface area contributed by atoms with Gasteiger partial charge in [-0.1, -0.05) is 42.6 Å². The zero-order valence-corrected chi connectivity index (χ0v) is 15.9. The first kappa shape index (κ1) is 20.8. The Morgan fingerprint density at radius 2 is 2.14 bits per heavy atom. The predicted molar refractivity (Wildman–Crippen MR) is 101 cm³/mol. The molecule has 120 valence electrons. The van der Waals surface area contributed by atoms with Crippen molar-refractivity contribution in [2.45, 2.75) is 26.4 Å². The van der Waals surface area contributed by atoms with Crippen LogP contribution < -0.4 is 11.1 Å². The first-order valence-electron chi connectivity index (χ1n) is 6.69. The maximum Gasteiger partial charge on any atom is 0.188 e. The minimum absolute atomic E-state index is 0. The Bertz CT molecular complexity index is 444. The molecule has 0 spiro atoms. The van der Waals surface area contributed by atoms with Crippen molar-refractivity contribution in [1.82, 2.24) is 5.32 Å². The van der Waals surface area contributed by atoms with Crippen LogP contribution in [0.4, 0.5) is 0 Å². The Morgan fingerprint density at radius 1 is 1.38 bits per heavy atom. The molecule has 0 saturated heterocycles. The van der Waals surface area contributed by atoms with Gasteiger partial charge in [0.15, 0.2) is 5.96 Å². The molecule has 3 N–H and O–H groups in total. The van der Waals surface area contributed by atoms with Crippen LogP contribution in [-0.4, -0.2) is 25.7 Å². The lowest BCUT2D eigenvalue weighted by atomic mass is 10.2. The van der Waals surface area contributed by atoms with Crippen LogP contribution in [0, 0.1) is 0 Å². The fourth-order valence-corrected chi connectivity index (χ4v) is 1.95. The molecule has 0 atom stereocenters. The number of hydrogen-bond acceptors (Lipinski definition) is 2. The zero-order valence-electron chi connectivity index (χ0n) is 12.1. The van der Waals surface area contributed by atoms with Gasteiger partial charge in [-0.05, 0) is 24.1 Å². The van der Waals surface area contributed by atoms with Gasteiger partial charge in [-0.2, -0.15) is 0 Å². The minimum Gasteiger partial charge on any atom is -0.375 e. The summed E-state index contributed by atoms with van der Waals surface area (Å²) in [6, 6.07) is 5.36. The van der Waals surface area contributed by atoms with Gasteiger partial charge < -0.3 is 15.8 Å². The second-order valence-corrected chi connectivity index (χ2v) is 5.18. The molecule has 0 aliphatic heterocycles. The number of nitrogens with two attached hydrogens (primary N) is 1. The van der Waals surface area contributed by atoms with Crippen molar-refractivity contribution >= 4 is 53.1 Å². The number of rotatable bonds is 8. The second-order valence-electron chi connectivity index (χ2n) is 4.34. The van der Waals surface area contributed by atoms with Gasteiger partial charge in [0.25, 0.3) is 0 Å². The Labute approximate surface area is 153 Å². The van der Waals surface area contributed by atoms with E-state index in [0.717, 1.165) is 24.9 Å². The molecule has 1 aromatic carbocycles. The maximum absolute atomic E-state index is 6.04. The summed E-state index contributed by atoms with van der Waals surface area (Å²) < 4.78 is 5.52. The third-order valence-electron chi connectivity index (χ3n) is 2.62. The molecular weight excluding hydrogens is 424 g/mol. The molecule has 0 heterocycles. The standard InChI is InChI=1S/C14H21Cl2N3O.HI/c1-2-3-6-18-14(17)19-7-8-20-10-11-4-5-12(15)9-13(11)16;/h4-5,9H,2-3,6-8,10H2,1H3,(H3,17,18,19);1H. The molecule has 0 amide bonds. The molecule has 0 radical (unpaired) electrons. The number of guanidine groups is 1. The van der Waals surface area contributed by atoms with Crippen LogP contribution in [0.3, 0.4) is 0 Å². The van der Waals surface area contributed by atoms with Gasteiger partial charge in [-0.25, -0.2) is 0 Å². The first-order chi connectivity index (χ1) is 9.63. The summed E-state index contributed by atoms with van der Waals surface area (Å²) >= 11 is 11.9. The van der Waals surface area contributed by atoms with E-state index in [-0.39, 0.29) is 24.0 Å². The van der Waals surface area contributed by atoms with Gasteiger partial charge in [0.1, 0.15) is 0 Å². The quantitative estimate of drug-likeness (QED) is 0.276. The number of ether oxygens (including phenoxy) is 1. The summed E-state index contributed by atoms with van der Waals surface area (Å²) in [5, 5.41) is 4.24. The third kappa shape index (κ3) is 9.39. The van der Waals surface area contributed by atoms with Gasteiger partial charge in [-0.15, -0.1) is 24.0 Å². The van der Waals surface area contributed by atoms with Crippen LogP contribution in [0.1, 0.15) is 25.3 Å². The molecule has 0 bridgehead atoms. The molecule has 0 saturated carbocycles. The highest BCUT2D eigenvalue weighted by Crippen LogP contribution is 2.21. The van der Waals surface area contributed by atoms with Gasteiger partial charge in [0, 0.05) is 23.1 Å². The lowest BCUT2D eigenvalue weighted by Crippen LogP contribution is -2.34. The van der Waals surface area contributed by atoms with Crippen molar-refractivity contribution < 1.29 is 4.74 Å². The monoisotopic (exact) mass is 445 g/mol. The average Bonchev–Trinajstić information content (AvgIpc) is 2.41. The second kappa shape index (κ2) is 12.3. The zero-order chi connectivity index (χ0) is 14.8. The van der Waals surface area contributed by atoms with Crippen LogP contribution in [0.5, 0.6) is 0 Å². The summed E-state index contributed by atoms with van der Waals surface area (Å²) in [6.45, 7) is 4.48. The van der Waals surface area contributed by atoms with Crippen LogP contribution in [0.2, 0.25) is 10.0 Å². The molecule has 1 rings (SSSR count). The van der Waals surface area contributed by atoms with Crippen molar-refractivity contribution in [1.29, 1.82) is 0 Å². The van der Waals surface area contributed by atoms with E-state index in [0.29, 0.717) is 35.8 Å². The van der Waals surface area contributed by atoms with Gasteiger partial charge in [-0.3, -0.25) is 4.99 Å². The average molecular weight is 446 g/mol.